The quantitative estimate of drug-likeness (QED) is 0.612. The monoisotopic (exact) mass is 163 g/mol. The molecule has 2 aliphatic rings. The zero-order valence-corrected chi connectivity index (χ0v) is 7.29. The molecule has 1 fully saturated rings. The summed E-state index contributed by atoms with van der Waals surface area (Å²) in [5, 5.41) is 0. The Morgan fingerprint density at radius 1 is 1.58 bits per heavy atom. The Morgan fingerprint density at radius 3 is 2.92 bits per heavy atom. The van der Waals surface area contributed by atoms with Crippen LogP contribution in [-0.4, -0.2) is 24.3 Å². The van der Waals surface area contributed by atoms with E-state index in [9.17, 15) is 4.79 Å². The topological polar surface area (TPSA) is 20.3 Å². The maximum atomic E-state index is 11.6. The maximum Gasteiger partial charge on any atom is 0.163 e. The maximum absolute atomic E-state index is 11.6. The molecule has 0 saturated heterocycles. The first-order valence-electron chi connectivity index (χ1n) is 4.39. The fraction of sp³-hybridized carbons (Fsp3) is 0.500. The Kier molecular flexibility index (Phi) is 1.75. The molecule has 1 saturated carbocycles. The molecule has 2 nitrogen and oxygen atoms in total. The third-order valence-electron chi connectivity index (χ3n) is 2.32. The van der Waals surface area contributed by atoms with Crippen molar-refractivity contribution in [3.8, 4) is 0 Å². The molecule has 0 amide bonds. The number of Topliss-reactive ketones (excluding diaryl/α,β-unsaturated/α-hetero) is 1. The molecule has 1 aliphatic heterocycles. The van der Waals surface area contributed by atoms with Gasteiger partial charge in [-0.25, -0.2) is 0 Å². The van der Waals surface area contributed by atoms with Gasteiger partial charge in [-0.05, 0) is 25.1 Å². The Morgan fingerprint density at radius 2 is 2.33 bits per heavy atom. The summed E-state index contributed by atoms with van der Waals surface area (Å²) in [6.45, 7) is 0.784. The highest BCUT2D eigenvalue weighted by atomic mass is 16.1. The predicted molar refractivity (Wildman–Crippen MR) is 47.6 cm³/mol. The van der Waals surface area contributed by atoms with Crippen molar-refractivity contribution >= 4 is 5.78 Å². The van der Waals surface area contributed by atoms with Gasteiger partial charge in [0.2, 0.25) is 0 Å². The van der Waals surface area contributed by atoms with Gasteiger partial charge >= 0.3 is 0 Å². The first kappa shape index (κ1) is 7.59. The van der Waals surface area contributed by atoms with E-state index in [-0.39, 0.29) is 0 Å². The van der Waals surface area contributed by atoms with Crippen LogP contribution in [0.2, 0.25) is 0 Å². The lowest BCUT2D eigenvalue weighted by Gasteiger charge is -2.18. The van der Waals surface area contributed by atoms with Gasteiger partial charge in [0, 0.05) is 25.1 Å². The van der Waals surface area contributed by atoms with Gasteiger partial charge in [0.15, 0.2) is 5.78 Å². The molecular weight excluding hydrogens is 150 g/mol. The van der Waals surface area contributed by atoms with Crippen LogP contribution in [0.15, 0.2) is 23.9 Å². The van der Waals surface area contributed by atoms with Crippen LogP contribution in [0, 0.1) is 5.92 Å². The minimum Gasteiger partial charge on any atom is -0.376 e. The third kappa shape index (κ3) is 1.42. The fourth-order valence-electron chi connectivity index (χ4n) is 1.45. The second-order valence-corrected chi connectivity index (χ2v) is 3.59. The Balaban J connectivity index is 2.07. The summed E-state index contributed by atoms with van der Waals surface area (Å²) in [6.07, 6.45) is 8.08. The van der Waals surface area contributed by atoms with Crippen LogP contribution >= 0.6 is 0 Å². The van der Waals surface area contributed by atoms with Gasteiger partial charge in [-0.15, -0.1) is 0 Å². The third-order valence-corrected chi connectivity index (χ3v) is 2.32. The number of likely N-dealkylation sites (N-methyl/N-ethyl adjacent to an activating group) is 1. The molecule has 0 bridgehead atoms. The lowest BCUT2D eigenvalue weighted by Crippen LogP contribution is -2.22. The molecule has 64 valence electrons. The predicted octanol–water partition coefficient (Wildman–Crippen LogP) is 1.35. The summed E-state index contributed by atoms with van der Waals surface area (Å²) in [6, 6.07) is 0. The van der Waals surface area contributed by atoms with Crippen LogP contribution in [0.1, 0.15) is 12.8 Å². The van der Waals surface area contributed by atoms with Gasteiger partial charge in [-0.2, -0.15) is 0 Å². The normalized spacial score (nSPS) is 22.4. The molecular formula is C10H13NO. The number of ketones is 1. The van der Waals surface area contributed by atoms with Gasteiger partial charge in [0.05, 0.1) is 0 Å². The number of carbonyl (C=O) groups excluding carboxylic acids is 1. The zero-order valence-electron chi connectivity index (χ0n) is 7.29. The van der Waals surface area contributed by atoms with E-state index in [2.05, 4.69) is 0 Å². The summed E-state index contributed by atoms with van der Waals surface area (Å²) in [4.78, 5) is 13.6. The minimum atomic E-state index is 0.358. The van der Waals surface area contributed by atoms with E-state index in [1.54, 1.807) is 0 Å². The Hall–Kier alpha value is -1.05. The summed E-state index contributed by atoms with van der Waals surface area (Å²) in [5.41, 5.74) is 0.975. The number of rotatable bonds is 2. The van der Waals surface area contributed by atoms with Crippen molar-refractivity contribution in [1.82, 2.24) is 4.90 Å². The van der Waals surface area contributed by atoms with Crippen molar-refractivity contribution in [3.63, 3.8) is 0 Å². The van der Waals surface area contributed by atoms with Crippen molar-refractivity contribution in [3.05, 3.63) is 23.9 Å². The van der Waals surface area contributed by atoms with Crippen LogP contribution in [0.25, 0.3) is 0 Å². The molecule has 2 rings (SSSR count). The minimum absolute atomic E-state index is 0.358. The van der Waals surface area contributed by atoms with E-state index in [1.807, 2.05) is 30.3 Å². The lowest BCUT2D eigenvalue weighted by atomic mass is 10.1. The molecule has 0 N–H and O–H groups in total. The van der Waals surface area contributed by atoms with E-state index in [0.29, 0.717) is 11.7 Å². The molecule has 2 heteroatoms. The molecule has 12 heavy (non-hydrogen) atoms. The summed E-state index contributed by atoms with van der Waals surface area (Å²) in [5.74, 6) is 0.724. The largest absolute Gasteiger partial charge is 0.376 e. The molecule has 0 unspecified atom stereocenters. The first-order valence-corrected chi connectivity index (χ1v) is 4.39. The molecule has 0 aromatic carbocycles. The number of allylic oxidation sites excluding steroid dienone is 2. The number of hydrogen-bond donors (Lipinski definition) is 0. The molecule has 0 radical (unpaired) electrons. The van der Waals surface area contributed by atoms with Gasteiger partial charge in [-0.1, -0.05) is 6.08 Å². The second kappa shape index (κ2) is 2.77. The average Bonchev–Trinajstić information content (AvgIpc) is 2.85. The number of hydrogen-bond acceptors (Lipinski definition) is 2. The highest BCUT2D eigenvalue weighted by Gasteiger charge is 2.31. The SMILES string of the molecule is CN1C=CC=C(C(=O)C2CC2)C1. The van der Waals surface area contributed by atoms with E-state index < -0.39 is 0 Å². The first-order chi connectivity index (χ1) is 5.77. The Bertz CT molecular complexity index is 261. The van der Waals surface area contributed by atoms with Crippen LogP contribution < -0.4 is 0 Å². The molecule has 0 aromatic heterocycles. The highest BCUT2D eigenvalue weighted by Crippen LogP contribution is 2.32. The Labute approximate surface area is 72.6 Å². The summed E-state index contributed by atoms with van der Waals surface area (Å²) >= 11 is 0. The van der Waals surface area contributed by atoms with Gasteiger partial charge in [-0.3, -0.25) is 4.79 Å². The second-order valence-electron chi connectivity index (χ2n) is 3.59. The standard InChI is InChI=1S/C10H13NO/c1-11-6-2-3-9(7-11)10(12)8-4-5-8/h2-3,6,8H,4-5,7H2,1H3. The van der Waals surface area contributed by atoms with Crippen LogP contribution in [0.5, 0.6) is 0 Å². The van der Waals surface area contributed by atoms with E-state index >= 15 is 0 Å². The van der Waals surface area contributed by atoms with Gasteiger partial charge < -0.3 is 4.90 Å². The van der Waals surface area contributed by atoms with Crippen molar-refractivity contribution in [1.29, 1.82) is 0 Å². The number of nitrogens with zero attached hydrogens (tertiary/aromatic N) is 1. The molecule has 1 heterocycles. The average molecular weight is 163 g/mol. The van der Waals surface area contributed by atoms with E-state index in [0.717, 1.165) is 25.0 Å². The molecule has 0 atom stereocenters. The summed E-state index contributed by atoms with van der Waals surface area (Å²) < 4.78 is 0. The van der Waals surface area contributed by atoms with Crippen LogP contribution in [0.3, 0.4) is 0 Å². The molecule has 0 aromatic rings. The molecule has 0 spiro atoms. The zero-order chi connectivity index (χ0) is 8.55. The van der Waals surface area contributed by atoms with Crippen molar-refractivity contribution in [2.75, 3.05) is 13.6 Å². The van der Waals surface area contributed by atoms with Crippen molar-refractivity contribution < 1.29 is 4.79 Å². The van der Waals surface area contributed by atoms with Crippen LogP contribution in [-0.2, 0) is 4.79 Å². The van der Waals surface area contributed by atoms with Crippen LogP contribution in [0.4, 0.5) is 0 Å². The van der Waals surface area contributed by atoms with Crippen molar-refractivity contribution in [2.24, 2.45) is 5.92 Å². The van der Waals surface area contributed by atoms with Gasteiger partial charge in [0.25, 0.3) is 0 Å². The number of carbonyl (C=O) groups is 1. The fourth-order valence-corrected chi connectivity index (χ4v) is 1.45. The highest BCUT2D eigenvalue weighted by molar-refractivity contribution is 5.99. The van der Waals surface area contributed by atoms with Crippen molar-refractivity contribution in [2.45, 2.75) is 12.8 Å². The smallest absolute Gasteiger partial charge is 0.163 e. The van der Waals surface area contributed by atoms with E-state index in [1.165, 1.54) is 0 Å². The summed E-state index contributed by atoms with van der Waals surface area (Å²) in [7, 11) is 1.99. The van der Waals surface area contributed by atoms with E-state index in [4.69, 9.17) is 0 Å². The molecule has 1 aliphatic carbocycles. The van der Waals surface area contributed by atoms with Gasteiger partial charge in [0.1, 0.15) is 0 Å². The lowest BCUT2D eigenvalue weighted by molar-refractivity contribution is -0.116.